The largest absolute Gasteiger partial charge is 0.494 e. The molecule has 3 rings (SSSR count). The summed E-state index contributed by atoms with van der Waals surface area (Å²) in [5.74, 6) is 0.769. The first-order valence-corrected chi connectivity index (χ1v) is 8.08. The van der Waals surface area contributed by atoms with Gasteiger partial charge >= 0.3 is 0 Å². The highest BCUT2D eigenvalue weighted by atomic mass is 35.5. The van der Waals surface area contributed by atoms with Gasteiger partial charge in [0.25, 0.3) is 0 Å². The standard InChI is InChI=1S/C17H25FN2O.2ClH/c1-21-15-8-4-7-14(16(15)18)17(13-5-2-3-6-13)20-11-9-19-10-12-20;;/h4,7-8,13,17,19H,2-3,5-6,9-12H2,1H3;2*1H/t17-;;/m1../s1. The van der Waals surface area contributed by atoms with E-state index in [1.54, 1.807) is 6.07 Å². The SMILES string of the molecule is COc1cccc([C@@H](C2CCCC2)N2CCNCC2)c1F.Cl.Cl. The molecule has 3 nitrogen and oxygen atoms in total. The molecule has 0 spiro atoms. The molecule has 23 heavy (non-hydrogen) atoms. The third-order valence-corrected chi connectivity index (χ3v) is 4.92. The van der Waals surface area contributed by atoms with Gasteiger partial charge < -0.3 is 10.1 Å². The Morgan fingerprint density at radius 2 is 1.83 bits per heavy atom. The summed E-state index contributed by atoms with van der Waals surface area (Å²) in [5.41, 5.74) is 0.822. The maximum atomic E-state index is 14.8. The van der Waals surface area contributed by atoms with Crippen molar-refractivity contribution in [1.82, 2.24) is 10.2 Å². The van der Waals surface area contributed by atoms with Crippen molar-refractivity contribution in [1.29, 1.82) is 0 Å². The molecule has 0 aromatic heterocycles. The summed E-state index contributed by atoms with van der Waals surface area (Å²) < 4.78 is 19.9. The van der Waals surface area contributed by atoms with Crippen molar-refractivity contribution in [3.63, 3.8) is 0 Å². The molecule has 1 aliphatic carbocycles. The number of piperazine rings is 1. The van der Waals surface area contributed by atoms with Crippen molar-refractivity contribution in [2.45, 2.75) is 31.7 Å². The number of hydrogen-bond acceptors (Lipinski definition) is 3. The molecule has 2 fully saturated rings. The molecule has 2 aliphatic rings. The summed E-state index contributed by atoms with van der Waals surface area (Å²) in [6.07, 6.45) is 4.98. The van der Waals surface area contributed by atoms with Gasteiger partial charge in [0.05, 0.1) is 7.11 Å². The number of benzene rings is 1. The molecule has 6 heteroatoms. The minimum absolute atomic E-state index is 0. The van der Waals surface area contributed by atoms with E-state index < -0.39 is 0 Å². The maximum Gasteiger partial charge on any atom is 0.169 e. The van der Waals surface area contributed by atoms with Gasteiger partial charge in [0.15, 0.2) is 11.6 Å². The van der Waals surface area contributed by atoms with Crippen LogP contribution in [-0.2, 0) is 0 Å². The maximum absolute atomic E-state index is 14.8. The van der Waals surface area contributed by atoms with E-state index in [0.717, 1.165) is 31.7 Å². The van der Waals surface area contributed by atoms with E-state index in [1.807, 2.05) is 12.1 Å². The predicted molar refractivity (Wildman–Crippen MR) is 96.6 cm³/mol. The summed E-state index contributed by atoms with van der Waals surface area (Å²) in [5, 5.41) is 3.39. The van der Waals surface area contributed by atoms with E-state index in [0.29, 0.717) is 11.7 Å². The van der Waals surface area contributed by atoms with Crippen LogP contribution in [0.1, 0.15) is 37.3 Å². The van der Waals surface area contributed by atoms with Crippen molar-refractivity contribution in [2.75, 3.05) is 33.3 Å². The summed E-state index contributed by atoms with van der Waals surface area (Å²) in [6, 6.07) is 5.77. The van der Waals surface area contributed by atoms with E-state index in [9.17, 15) is 4.39 Å². The second-order valence-electron chi connectivity index (χ2n) is 6.14. The smallest absolute Gasteiger partial charge is 0.169 e. The van der Waals surface area contributed by atoms with E-state index in [4.69, 9.17) is 4.74 Å². The molecule has 1 atom stereocenters. The molecule has 0 amide bonds. The molecule has 0 unspecified atom stereocenters. The van der Waals surface area contributed by atoms with Crippen LogP contribution >= 0.6 is 24.8 Å². The third-order valence-electron chi connectivity index (χ3n) is 4.92. The number of halogens is 3. The van der Waals surface area contributed by atoms with Gasteiger partial charge in [0.1, 0.15) is 0 Å². The second kappa shape index (κ2) is 9.67. The first-order valence-electron chi connectivity index (χ1n) is 8.08. The summed E-state index contributed by atoms with van der Waals surface area (Å²) in [6.45, 7) is 3.99. The first kappa shape index (κ1) is 20.5. The number of rotatable bonds is 4. The van der Waals surface area contributed by atoms with Gasteiger partial charge in [-0.1, -0.05) is 25.0 Å². The average Bonchev–Trinajstić information content (AvgIpc) is 3.04. The van der Waals surface area contributed by atoms with Crippen LogP contribution in [0.2, 0.25) is 0 Å². The van der Waals surface area contributed by atoms with Gasteiger partial charge in [0.2, 0.25) is 0 Å². The Bertz CT molecular complexity index is 478. The number of methoxy groups -OCH3 is 1. The molecule has 1 aromatic carbocycles. The van der Waals surface area contributed by atoms with Gasteiger partial charge in [-0.25, -0.2) is 4.39 Å². The Balaban J connectivity index is 0.00000132. The average molecular weight is 365 g/mol. The predicted octanol–water partition coefficient (Wildman–Crippen LogP) is 3.81. The molecule has 1 aromatic rings. The topological polar surface area (TPSA) is 24.5 Å². The van der Waals surface area contributed by atoms with Gasteiger partial charge in [-0.3, -0.25) is 4.90 Å². The summed E-state index contributed by atoms with van der Waals surface area (Å²) in [4.78, 5) is 2.46. The van der Waals surface area contributed by atoms with Crippen LogP contribution < -0.4 is 10.1 Å². The number of nitrogens with one attached hydrogen (secondary N) is 1. The van der Waals surface area contributed by atoms with Gasteiger partial charge in [0, 0.05) is 37.8 Å². The molecule has 1 saturated heterocycles. The summed E-state index contributed by atoms with van der Waals surface area (Å²) in [7, 11) is 1.54. The van der Waals surface area contributed by atoms with E-state index in [-0.39, 0.29) is 36.7 Å². The quantitative estimate of drug-likeness (QED) is 0.878. The Morgan fingerprint density at radius 3 is 2.43 bits per heavy atom. The molecule has 1 heterocycles. The fraction of sp³-hybridized carbons (Fsp3) is 0.647. The number of ether oxygens (including phenoxy) is 1. The van der Waals surface area contributed by atoms with Crippen LogP contribution in [0, 0.1) is 11.7 Å². The van der Waals surface area contributed by atoms with Crippen LogP contribution in [0.3, 0.4) is 0 Å². The van der Waals surface area contributed by atoms with E-state index in [2.05, 4.69) is 10.2 Å². The minimum Gasteiger partial charge on any atom is -0.494 e. The molecule has 0 radical (unpaired) electrons. The number of nitrogens with zero attached hydrogens (tertiary/aromatic N) is 1. The van der Waals surface area contributed by atoms with Crippen molar-refractivity contribution in [3.8, 4) is 5.75 Å². The van der Waals surface area contributed by atoms with Crippen LogP contribution in [0.15, 0.2) is 18.2 Å². The lowest BCUT2D eigenvalue weighted by Gasteiger charge is -2.38. The third kappa shape index (κ3) is 4.50. The highest BCUT2D eigenvalue weighted by Gasteiger charge is 2.34. The highest BCUT2D eigenvalue weighted by molar-refractivity contribution is 5.85. The van der Waals surface area contributed by atoms with Gasteiger partial charge in [-0.05, 0) is 24.8 Å². The molecule has 1 aliphatic heterocycles. The molecular weight excluding hydrogens is 338 g/mol. The van der Waals surface area contributed by atoms with Gasteiger partial charge in [-0.2, -0.15) is 0 Å². The van der Waals surface area contributed by atoms with E-state index in [1.165, 1.54) is 32.8 Å². The Kier molecular flexibility index (Phi) is 8.62. The van der Waals surface area contributed by atoms with Crippen molar-refractivity contribution in [2.24, 2.45) is 5.92 Å². The Labute approximate surface area is 150 Å². The zero-order valence-corrected chi connectivity index (χ0v) is 15.2. The van der Waals surface area contributed by atoms with Crippen molar-refractivity contribution in [3.05, 3.63) is 29.6 Å². The fourth-order valence-electron chi connectivity index (χ4n) is 3.90. The van der Waals surface area contributed by atoms with Crippen LogP contribution in [0.4, 0.5) is 4.39 Å². The highest BCUT2D eigenvalue weighted by Crippen LogP contribution is 2.41. The van der Waals surface area contributed by atoms with Crippen LogP contribution in [0.5, 0.6) is 5.75 Å². The second-order valence-corrected chi connectivity index (χ2v) is 6.14. The van der Waals surface area contributed by atoms with Crippen LogP contribution in [-0.4, -0.2) is 38.2 Å². The number of hydrogen-bond donors (Lipinski definition) is 1. The van der Waals surface area contributed by atoms with Crippen LogP contribution in [0.25, 0.3) is 0 Å². The monoisotopic (exact) mass is 364 g/mol. The Morgan fingerprint density at radius 1 is 1.17 bits per heavy atom. The van der Waals surface area contributed by atoms with Gasteiger partial charge in [-0.15, -0.1) is 24.8 Å². The molecular formula is C17H27Cl2FN2O. The van der Waals surface area contributed by atoms with Crippen molar-refractivity contribution >= 4 is 24.8 Å². The zero-order chi connectivity index (χ0) is 14.7. The van der Waals surface area contributed by atoms with E-state index >= 15 is 0 Å². The minimum atomic E-state index is -0.171. The Hall–Kier alpha value is -0.550. The lowest BCUT2D eigenvalue weighted by Crippen LogP contribution is -2.46. The first-order chi connectivity index (χ1) is 10.3. The molecule has 1 saturated carbocycles. The summed E-state index contributed by atoms with van der Waals surface area (Å²) >= 11 is 0. The molecule has 132 valence electrons. The zero-order valence-electron chi connectivity index (χ0n) is 13.6. The molecule has 0 bridgehead atoms. The molecule has 1 N–H and O–H groups in total. The normalized spacial score (nSPS) is 20.4. The lowest BCUT2D eigenvalue weighted by molar-refractivity contribution is 0.122. The lowest BCUT2D eigenvalue weighted by atomic mass is 9.89. The van der Waals surface area contributed by atoms with Crippen molar-refractivity contribution < 1.29 is 9.13 Å². The fourth-order valence-corrected chi connectivity index (χ4v) is 3.90.